The van der Waals surface area contributed by atoms with E-state index in [1.54, 1.807) is 0 Å². The zero-order valence-electron chi connectivity index (χ0n) is 8.07. The summed E-state index contributed by atoms with van der Waals surface area (Å²) in [7, 11) is 4.45. The summed E-state index contributed by atoms with van der Waals surface area (Å²) in [5, 5.41) is 0. The van der Waals surface area contributed by atoms with Gasteiger partial charge in [0.25, 0.3) is 0 Å². The maximum Gasteiger partial charge on any atom is 0.0958 e. The molecule has 0 aromatic heterocycles. The molecule has 5 nitrogen and oxygen atoms in total. The van der Waals surface area contributed by atoms with Crippen LogP contribution >= 0.6 is 0 Å². The van der Waals surface area contributed by atoms with Crippen molar-refractivity contribution in [3.63, 3.8) is 0 Å². The maximum absolute atomic E-state index is 9.60. The Labute approximate surface area is 74.5 Å². The van der Waals surface area contributed by atoms with Gasteiger partial charge in [0.15, 0.2) is 0 Å². The Kier molecular flexibility index (Phi) is 6.55. The van der Waals surface area contributed by atoms with E-state index >= 15 is 0 Å². The van der Waals surface area contributed by atoms with Gasteiger partial charge in [0.05, 0.1) is 44.1 Å². The minimum Gasteiger partial charge on any atom is -0.748 e. The van der Waals surface area contributed by atoms with Crippen LogP contribution in [0, 0.1) is 0 Å². The quantitative estimate of drug-likeness (QED) is 0.447. The van der Waals surface area contributed by atoms with Crippen molar-refractivity contribution in [1.82, 2.24) is 0 Å². The molecule has 76 valence electrons. The fourth-order valence-electron chi connectivity index (χ4n) is 0.144. The van der Waals surface area contributed by atoms with Gasteiger partial charge in [-0.3, -0.25) is 0 Å². The van der Waals surface area contributed by atoms with E-state index in [9.17, 15) is 13.0 Å². The van der Waals surface area contributed by atoms with Crippen LogP contribution in [0.25, 0.3) is 0 Å². The Morgan fingerprint density at radius 1 is 1.25 bits per heavy atom. The smallest absolute Gasteiger partial charge is 0.0958 e. The predicted molar refractivity (Wildman–Crippen MR) is 47.6 cm³/mol. The number of quaternary nitrogens is 1. The minimum atomic E-state index is -4.05. The molecule has 0 saturated carbocycles. The first-order valence-electron chi connectivity index (χ1n) is 3.49. The van der Waals surface area contributed by atoms with Crippen LogP contribution in [0.4, 0.5) is 0 Å². The molecule has 6 heteroatoms. The molecule has 0 aliphatic heterocycles. The van der Waals surface area contributed by atoms with Crippen LogP contribution in [0.15, 0.2) is 0 Å². The van der Waals surface area contributed by atoms with Gasteiger partial charge in [-0.25, -0.2) is 8.42 Å². The largest absolute Gasteiger partial charge is 0.748 e. The van der Waals surface area contributed by atoms with Crippen LogP contribution in [-0.4, -0.2) is 57.9 Å². The Bertz CT molecular complexity index is 187. The molecule has 0 aliphatic carbocycles. The molecule has 12 heavy (non-hydrogen) atoms. The first-order valence-corrected chi connectivity index (χ1v) is 5.06. The monoisotopic (exact) mass is 198 g/mol. The summed E-state index contributed by atoms with van der Waals surface area (Å²) in [5.74, 6) is -0.465. The molecule has 0 amide bonds. The van der Waals surface area contributed by atoms with E-state index in [1.807, 2.05) is 0 Å². The minimum absolute atomic E-state index is 0.0914. The van der Waals surface area contributed by atoms with Crippen LogP contribution in [-0.2, 0) is 10.1 Å². The van der Waals surface area contributed by atoms with Crippen molar-refractivity contribution in [3.8, 4) is 0 Å². The highest BCUT2D eigenvalue weighted by molar-refractivity contribution is 7.85. The summed E-state index contributed by atoms with van der Waals surface area (Å²) >= 11 is 0. The van der Waals surface area contributed by atoms with Crippen molar-refractivity contribution < 1.29 is 17.5 Å². The van der Waals surface area contributed by atoms with Crippen molar-refractivity contribution >= 4 is 10.1 Å². The highest BCUT2D eigenvalue weighted by Crippen LogP contribution is 1.74. The average Bonchev–Trinajstić information content (AvgIpc) is 1.54. The van der Waals surface area contributed by atoms with E-state index in [0.717, 1.165) is 4.48 Å². The molecule has 0 aromatic carbocycles. The third-order valence-electron chi connectivity index (χ3n) is 0.368. The van der Waals surface area contributed by atoms with Gasteiger partial charge in [-0.05, 0) is 0 Å². The van der Waals surface area contributed by atoms with Crippen molar-refractivity contribution in [3.05, 3.63) is 0 Å². The van der Waals surface area contributed by atoms with Crippen molar-refractivity contribution in [2.24, 2.45) is 5.73 Å². The number of nitrogens with two attached hydrogens (primary N) is 1. The van der Waals surface area contributed by atoms with Crippen molar-refractivity contribution in [2.45, 2.75) is 0 Å². The second-order valence-electron chi connectivity index (χ2n) is 3.73. The normalized spacial score (nSPS) is 11.8. The zero-order valence-corrected chi connectivity index (χ0v) is 8.89. The molecule has 0 unspecified atom stereocenters. The highest BCUT2D eigenvalue weighted by atomic mass is 32.2. The molecular weight excluding hydrogens is 180 g/mol. The van der Waals surface area contributed by atoms with Crippen LogP contribution in [0.2, 0.25) is 0 Å². The molecule has 0 rings (SSSR count). The average molecular weight is 198 g/mol. The number of nitrogens with zero attached hydrogens (tertiary/aromatic N) is 1. The Morgan fingerprint density at radius 2 is 1.50 bits per heavy atom. The highest BCUT2D eigenvalue weighted by Gasteiger charge is 1.88. The van der Waals surface area contributed by atoms with Gasteiger partial charge in [-0.15, -0.1) is 0 Å². The van der Waals surface area contributed by atoms with E-state index in [4.69, 9.17) is 5.73 Å². The third-order valence-corrected chi connectivity index (χ3v) is 1.10. The molecule has 0 radical (unpaired) electrons. The summed E-state index contributed by atoms with van der Waals surface area (Å²) in [6, 6.07) is 0. The van der Waals surface area contributed by atoms with Crippen LogP contribution in [0.5, 0.6) is 0 Å². The molecule has 0 aromatic rings. The van der Waals surface area contributed by atoms with Gasteiger partial charge in [0, 0.05) is 6.54 Å². The summed E-state index contributed by atoms with van der Waals surface area (Å²) < 4.78 is 29.8. The van der Waals surface area contributed by atoms with E-state index in [1.165, 1.54) is 0 Å². The molecule has 0 atom stereocenters. The Morgan fingerprint density at radius 3 is 1.50 bits per heavy atom. The van der Waals surface area contributed by atoms with Crippen molar-refractivity contribution in [1.29, 1.82) is 0 Å². The predicted octanol–water partition coefficient (Wildman–Crippen LogP) is -1.19. The van der Waals surface area contributed by atoms with Gasteiger partial charge in [0.2, 0.25) is 0 Å². The molecule has 0 heterocycles. The summed E-state index contributed by atoms with van der Waals surface area (Å²) in [5.41, 5.74) is 4.74. The Hall–Kier alpha value is -0.170. The fraction of sp³-hybridized carbons (Fsp3) is 1.00. The van der Waals surface area contributed by atoms with Gasteiger partial charge in [0.1, 0.15) is 0 Å². The van der Waals surface area contributed by atoms with Gasteiger partial charge >= 0.3 is 0 Å². The molecule has 0 fully saturated rings. The summed E-state index contributed by atoms with van der Waals surface area (Å²) in [6.07, 6.45) is 0. The number of hydrogen-bond acceptors (Lipinski definition) is 4. The lowest BCUT2D eigenvalue weighted by atomic mass is 10.8. The third kappa shape index (κ3) is 52.2. The Balaban J connectivity index is 0. The fourth-order valence-corrected chi connectivity index (χ4v) is 0.433. The topological polar surface area (TPSA) is 83.2 Å². The summed E-state index contributed by atoms with van der Waals surface area (Å²) in [4.78, 5) is 0. The van der Waals surface area contributed by atoms with E-state index in [0.29, 0.717) is 0 Å². The maximum atomic E-state index is 9.60. The van der Waals surface area contributed by atoms with Gasteiger partial charge < -0.3 is 14.8 Å². The zero-order chi connectivity index (χ0) is 10.4. The summed E-state index contributed by atoms with van der Waals surface area (Å²) in [6.45, 7) is -0.0914. The lowest BCUT2D eigenvalue weighted by Crippen LogP contribution is -2.27. The van der Waals surface area contributed by atoms with Crippen LogP contribution in [0.3, 0.4) is 0 Å². The second kappa shape index (κ2) is 5.47. The molecule has 0 bridgehead atoms. The molecule has 0 saturated heterocycles. The van der Waals surface area contributed by atoms with E-state index in [2.05, 4.69) is 28.2 Å². The van der Waals surface area contributed by atoms with Crippen LogP contribution < -0.4 is 5.73 Å². The van der Waals surface area contributed by atoms with E-state index < -0.39 is 15.9 Å². The second-order valence-corrected chi connectivity index (χ2v) is 5.26. The SMILES string of the molecule is C[N+](C)(C)C.NCCS(=O)(=O)[O-]. The van der Waals surface area contributed by atoms with Crippen molar-refractivity contribution in [2.75, 3.05) is 40.5 Å². The lowest BCUT2D eigenvalue weighted by molar-refractivity contribution is -0.849. The lowest BCUT2D eigenvalue weighted by Gasteiger charge is -2.14. The number of hydrogen-bond donors (Lipinski definition) is 1. The van der Waals surface area contributed by atoms with Gasteiger partial charge in [-0.1, -0.05) is 0 Å². The number of rotatable bonds is 2. The standard InChI is InChI=1S/C4H12N.C2H7NO3S/c1-5(2,3)4;3-1-2-7(4,5)6/h1-4H3;1-3H2,(H,4,5,6)/q+1;/p-1. The van der Waals surface area contributed by atoms with Crippen LogP contribution in [0.1, 0.15) is 0 Å². The first kappa shape index (κ1) is 14.4. The van der Waals surface area contributed by atoms with Gasteiger partial charge in [-0.2, -0.15) is 0 Å². The molecule has 0 spiro atoms. The molecule has 0 aliphatic rings. The molecule has 2 N–H and O–H groups in total. The van der Waals surface area contributed by atoms with E-state index in [-0.39, 0.29) is 6.54 Å². The first-order chi connectivity index (χ1) is 5.06. The molecular formula is C6H18N2O3S.